The summed E-state index contributed by atoms with van der Waals surface area (Å²) in [4.78, 5) is 11.6. The highest BCUT2D eigenvalue weighted by molar-refractivity contribution is 5.68. The summed E-state index contributed by atoms with van der Waals surface area (Å²) in [6, 6.07) is 0. The van der Waals surface area contributed by atoms with E-state index in [1.807, 2.05) is 13.8 Å². The van der Waals surface area contributed by atoms with Crippen molar-refractivity contribution in [2.75, 3.05) is 6.54 Å². The van der Waals surface area contributed by atoms with E-state index in [1.54, 1.807) is 0 Å². The van der Waals surface area contributed by atoms with E-state index in [0.29, 0.717) is 12.5 Å². The Morgan fingerprint density at radius 1 is 1.56 bits per heavy atom. The van der Waals surface area contributed by atoms with Crippen LogP contribution in [0.1, 0.15) is 46.5 Å². The van der Waals surface area contributed by atoms with Gasteiger partial charge in [-0.3, -0.25) is 0 Å². The van der Waals surface area contributed by atoms with Crippen molar-refractivity contribution >= 4 is 6.09 Å². The van der Waals surface area contributed by atoms with Gasteiger partial charge in [0, 0.05) is 6.54 Å². The molecular formula is C12H24N2O2. The van der Waals surface area contributed by atoms with Crippen molar-refractivity contribution in [2.24, 2.45) is 11.7 Å². The van der Waals surface area contributed by atoms with Crippen LogP contribution in [0.15, 0.2) is 0 Å². The first-order chi connectivity index (χ1) is 7.50. The number of carbonyl (C=O) groups excluding carboxylic acids is 1. The Morgan fingerprint density at radius 2 is 2.25 bits per heavy atom. The van der Waals surface area contributed by atoms with Crippen LogP contribution in [0, 0.1) is 5.92 Å². The topological polar surface area (TPSA) is 64.3 Å². The van der Waals surface area contributed by atoms with Crippen LogP contribution in [-0.4, -0.2) is 24.3 Å². The van der Waals surface area contributed by atoms with Gasteiger partial charge in [0.1, 0.15) is 0 Å². The van der Waals surface area contributed by atoms with Crippen molar-refractivity contribution in [3.05, 3.63) is 0 Å². The molecule has 0 aromatic carbocycles. The molecule has 4 heteroatoms. The van der Waals surface area contributed by atoms with Gasteiger partial charge in [0.15, 0.2) is 0 Å². The first kappa shape index (κ1) is 13.3. The summed E-state index contributed by atoms with van der Waals surface area (Å²) in [5.74, 6) is 0.422. The average Bonchev–Trinajstić information content (AvgIpc) is 2.20. The number of carbonyl (C=O) groups is 1. The van der Waals surface area contributed by atoms with Gasteiger partial charge in [0.25, 0.3) is 0 Å². The number of rotatable bonds is 3. The Morgan fingerprint density at radius 3 is 2.75 bits per heavy atom. The standard InChI is InChI=1S/C12H24N2O2/c1-9(2)16-11(15)14-12(8-13)7-5-4-6-10(12)3/h9-10H,4-8,13H2,1-3H3,(H,14,15). The molecule has 1 amide bonds. The summed E-state index contributed by atoms with van der Waals surface area (Å²) in [6.07, 6.45) is 4.01. The predicted octanol–water partition coefficient (Wildman–Crippen LogP) is 2.03. The molecule has 0 saturated heterocycles. The molecule has 0 aromatic heterocycles. The lowest BCUT2D eigenvalue weighted by molar-refractivity contribution is 0.0863. The summed E-state index contributed by atoms with van der Waals surface area (Å²) >= 11 is 0. The van der Waals surface area contributed by atoms with E-state index in [2.05, 4.69) is 12.2 Å². The Hall–Kier alpha value is -0.770. The van der Waals surface area contributed by atoms with Crippen molar-refractivity contribution in [3.63, 3.8) is 0 Å². The molecule has 94 valence electrons. The molecule has 0 spiro atoms. The van der Waals surface area contributed by atoms with Gasteiger partial charge in [-0.05, 0) is 32.6 Å². The number of hydrogen-bond donors (Lipinski definition) is 2. The molecule has 1 aliphatic rings. The van der Waals surface area contributed by atoms with E-state index in [1.165, 1.54) is 6.42 Å². The van der Waals surface area contributed by atoms with Crippen molar-refractivity contribution in [1.82, 2.24) is 5.32 Å². The fourth-order valence-electron chi connectivity index (χ4n) is 2.40. The summed E-state index contributed by atoms with van der Waals surface area (Å²) in [7, 11) is 0. The molecule has 3 N–H and O–H groups in total. The molecule has 4 nitrogen and oxygen atoms in total. The molecule has 2 atom stereocenters. The lowest BCUT2D eigenvalue weighted by Gasteiger charge is -2.42. The maximum atomic E-state index is 11.6. The number of amides is 1. The monoisotopic (exact) mass is 228 g/mol. The minimum absolute atomic E-state index is 0.0891. The number of alkyl carbamates (subject to hydrolysis) is 1. The Labute approximate surface area is 97.9 Å². The second-order valence-electron chi connectivity index (χ2n) is 5.09. The number of hydrogen-bond acceptors (Lipinski definition) is 3. The zero-order chi connectivity index (χ0) is 12.2. The van der Waals surface area contributed by atoms with Gasteiger partial charge in [-0.1, -0.05) is 19.8 Å². The molecule has 0 heterocycles. The summed E-state index contributed by atoms with van der Waals surface area (Å²) < 4.78 is 5.12. The first-order valence-electron chi connectivity index (χ1n) is 6.19. The third kappa shape index (κ3) is 3.11. The molecule has 0 bridgehead atoms. The van der Waals surface area contributed by atoms with Crippen LogP contribution in [-0.2, 0) is 4.74 Å². The summed E-state index contributed by atoms with van der Waals surface area (Å²) in [6.45, 7) is 6.33. The quantitative estimate of drug-likeness (QED) is 0.776. The van der Waals surface area contributed by atoms with Crippen LogP contribution in [0.25, 0.3) is 0 Å². The van der Waals surface area contributed by atoms with Gasteiger partial charge in [-0.15, -0.1) is 0 Å². The number of ether oxygens (including phenoxy) is 1. The fraction of sp³-hybridized carbons (Fsp3) is 0.917. The molecule has 16 heavy (non-hydrogen) atoms. The third-order valence-electron chi connectivity index (χ3n) is 3.51. The number of nitrogens with one attached hydrogen (secondary N) is 1. The Bertz CT molecular complexity index is 243. The first-order valence-corrected chi connectivity index (χ1v) is 6.19. The lowest BCUT2D eigenvalue weighted by Crippen LogP contribution is -2.59. The number of nitrogens with two attached hydrogens (primary N) is 1. The molecule has 0 radical (unpaired) electrons. The molecular weight excluding hydrogens is 204 g/mol. The molecule has 2 unspecified atom stereocenters. The van der Waals surface area contributed by atoms with E-state index < -0.39 is 0 Å². The zero-order valence-corrected chi connectivity index (χ0v) is 10.6. The van der Waals surface area contributed by atoms with Crippen LogP contribution >= 0.6 is 0 Å². The van der Waals surface area contributed by atoms with Gasteiger partial charge < -0.3 is 15.8 Å². The Balaban J connectivity index is 2.61. The van der Waals surface area contributed by atoms with E-state index in [0.717, 1.165) is 19.3 Å². The van der Waals surface area contributed by atoms with Crippen LogP contribution in [0.5, 0.6) is 0 Å². The van der Waals surface area contributed by atoms with Crippen molar-refractivity contribution in [2.45, 2.75) is 58.1 Å². The maximum absolute atomic E-state index is 11.6. The largest absolute Gasteiger partial charge is 0.447 e. The third-order valence-corrected chi connectivity index (χ3v) is 3.51. The minimum atomic E-state index is -0.339. The highest BCUT2D eigenvalue weighted by Crippen LogP contribution is 2.32. The van der Waals surface area contributed by atoms with Gasteiger partial charge in [-0.25, -0.2) is 4.79 Å². The highest BCUT2D eigenvalue weighted by Gasteiger charge is 2.38. The van der Waals surface area contributed by atoms with Crippen LogP contribution in [0.4, 0.5) is 4.79 Å². The van der Waals surface area contributed by atoms with Crippen LogP contribution < -0.4 is 11.1 Å². The van der Waals surface area contributed by atoms with E-state index in [4.69, 9.17) is 10.5 Å². The lowest BCUT2D eigenvalue weighted by atomic mass is 9.74. The smallest absolute Gasteiger partial charge is 0.407 e. The van der Waals surface area contributed by atoms with Crippen molar-refractivity contribution in [1.29, 1.82) is 0 Å². The SMILES string of the molecule is CC(C)OC(=O)NC1(CN)CCCCC1C. The van der Waals surface area contributed by atoms with E-state index in [9.17, 15) is 4.79 Å². The highest BCUT2D eigenvalue weighted by atomic mass is 16.6. The molecule has 1 fully saturated rings. The van der Waals surface area contributed by atoms with Crippen LogP contribution in [0.3, 0.4) is 0 Å². The summed E-state index contributed by atoms with van der Waals surface area (Å²) in [5.41, 5.74) is 5.58. The average molecular weight is 228 g/mol. The van der Waals surface area contributed by atoms with E-state index >= 15 is 0 Å². The molecule has 1 saturated carbocycles. The summed E-state index contributed by atoms with van der Waals surface area (Å²) in [5, 5.41) is 2.98. The predicted molar refractivity (Wildman–Crippen MR) is 64.2 cm³/mol. The molecule has 0 aliphatic heterocycles. The van der Waals surface area contributed by atoms with Gasteiger partial charge in [0.05, 0.1) is 11.6 Å². The zero-order valence-electron chi connectivity index (χ0n) is 10.6. The van der Waals surface area contributed by atoms with Crippen LogP contribution in [0.2, 0.25) is 0 Å². The van der Waals surface area contributed by atoms with Gasteiger partial charge >= 0.3 is 6.09 Å². The second kappa shape index (κ2) is 5.53. The molecule has 1 aliphatic carbocycles. The van der Waals surface area contributed by atoms with Crippen molar-refractivity contribution < 1.29 is 9.53 Å². The normalized spacial score (nSPS) is 30.2. The molecule has 1 rings (SSSR count). The maximum Gasteiger partial charge on any atom is 0.407 e. The second-order valence-corrected chi connectivity index (χ2v) is 5.09. The minimum Gasteiger partial charge on any atom is -0.447 e. The van der Waals surface area contributed by atoms with E-state index in [-0.39, 0.29) is 17.7 Å². The molecule has 0 aromatic rings. The van der Waals surface area contributed by atoms with Gasteiger partial charge in [-0.2, -0.15) is 0 Å². The van der Waals surface area contributed by atoms with Gasteiger partial charge in [0.2, 0.25) is 0 Å². The van der Waals surface area contributed by atoms with Crippen molar-refractivity contribution in [3.8, 4) is 0 Å². The fourth-order valence-corrected chi connectivity index (χ4v) is 2.40. The Kier molecular flexibility index (Phi) is 4.59.